The number of nitrogens with one attached hydrogen (secondary N) is 1. The molecule has 5 heterocycles. The van der Waals surface area contributed by atoms with Gasteiger partial charge in [-0.25, -0.2) is 13.8 Å². The molecule has 3 aliphatic heterocycles. The summed E-state index contributed by atoms with van der Waals surface area (Å²) in [6.07, 6.45) is 8.79. The Kier molecular flexibility index (Phi) is 5.37. The number of halogens is 3. The second kappa shape index (κ2) is 8.62. The summed E-state index contributed by atoms with van der Waals surface area (Å²) in [5, 5.41) is 9.52. The van der Waals surface area contributed by atoms with Gasteiger partial charge in [0.05, 0.1) is 42.0 Å². The van der Waals surface area contributed by atoms with Crippen molar-refractivity contribution in [3.05, 3.63) is 81.1 Å². The number of amides is 1. The van der Waals surface area contributed by atoms with Crippen LogP contribution in [0.2, 0.25) is 0 Å². The molecule has 1 spiro atoms. The average Bonchev–Trinajstić information content (AvgIpc) is 3.39. The summed E-state index contributed by atoms with van der Waals surface area (Å²) in [7, 11) is 0. The maximum Gasteiger partial charge on any atom is 0.223 e. The monoisotopic (exact) mass is 549 g/mol. The number of ketones is 1. The third-order valence-electron chi connectivity index (χ3n) is 8.40. The number of fused-ring (bicyclic) bond motifs is 5. The third-order valence-corrected chi connectivity index (χ3v) is 8.68. The van der Waals surface area contributed by atoms with Gasteiger partial charge in [0.15, 0.2) is 11.6 Å². The second-order valence-corrected chi connectivity index (χ2v) is 11.0. The Labute approximate surface area is 226 Å². The molecule has 2 N–H and O–H groups in total. The van der Waals surface area contributed by atoms with E-state index in [0.717, 1.165) is 24.5 Å². The molecule has 2 fully saturated rings. The molecule has 2 aromatic heterocycles. The lowest BCUT2D eigenvalue weighted by molar-refractivity contribution is -0.129. The molecule has 2 aliphatic carbocycles. The molecule has 0 aromatic carbocycles. The number of pyridine rings is 1. The van der Waals surface area contributed by atoms with Crippen LogP contribution in [0, 0.1) is 11.2 Å². The summed E-state index contributed by atoms with van der Waals surface area (Å²) < 4.78 is 30.3. The van der Waals surface area contributed by atoms with Crippen molar-refractivity contribution in [3.63, 3.8) is 0 Å². The van der Waals surface area contributed by atoms with Gasteiger partial charge in [0.2, 0.25) is 5.91 Å². The van der Waals surface area contributed by atoms with Crippen molar-refractivity contribution >= 4 is 29.5 Å². The van der Waals surface area contributed by atoms with Gasteiger partial charge >= 0.3 is 0 Å². The highest BCUT2D eigenvalue weighted by Crippen LogP contribution is 2.62. The first-order valence-electron chi connectivity index (χ1n) is 12.7. The van der Waals surface area contributed by atoms with Crippen LogP contribution in [-0.4, -0.2) is 62.0 Å². The Morgan fingerprint density at radius 2 is 2.03 bits per heavy atom. The van der Waals surface area contributed by atoms with E-state index in [-0.39, 0.29) is 52.3 Å². The minimum absolute atomic E-state index is 0.0354. The lowest BCUT2D eigenvalue weighted by Gasteiger charge is -2.42. The first kappa shape index (κ1) is 24.3. The number of carbonyl (C=O) groups is 2. The highest BCUT2D eigenvalue weighted by atomic mass is 35.5. The maximum absolute atomic E-state index is 15.3. The number of hydrogen-bond acceptors (Lipinski definition) is 6. The van der Waals surface area contributed by atoms with Crippen LogP contribution in [-0.2, 0) is 16.2 Å². The Morgan fingerprint density at radius 3 is 2.79 bits per heavy atom. The number of imidazole rings is 1. The van der Waals surface area contributed by atoms with E-state index in [1.54, 1.807) is 0 Å². The molecule has 7 rings (SSSR count). The largest absolute Gasteiger partial charge is 0.390 e. The number of H-pyrrole nitrogens is 1. The van der Waals surface area contributed by atoms with Gasteiger partial charge in [-0.15, -0.1) is 0 Å². The van der Waals surface area contributed by atoms with Gasteiger partial charge in [0.1, 0.15) is 17.3 Å². The molecule has 5 aliphatic rings. The van der Waals surface area contributed by atoms with Crippen LogP contribution in [0.25, 0.3) is 11.3 Å². The Balaban J connectivity index is 1.43. The van der Waals surface area contributed by atoms with Crippen molar-refractivity contribution in [2.75, 3.05) is 13.1 Å². The Bertz CT molecular complexity index is 1630. The number of aromatic nitrogens is 3. The minimum atomic E-state index is -0.747. The normalized spacial score (nSPS) is 27.1. The number of aliphatic imine (C=N–C) groups is 1. The summed E-state index contributed by atoms with van der Waals surface area (Å²) in [5.74, 6) is -2.04. The lowest BCUT2D eigenvalue weighted by atomic mass is 9.74. The molecular weight excluding hydrogens is 528 g/mol. The number of rotatable bonds is 3. The number of allylic oxidation sites excluding steroid dienone is 6. The smallest absolute Gasteiger partial charge is 0.223 e. The molecule has 11 heteroatoms. The topological polar surface area (TPSA) is 112 Å². The molecule has 2 atom stereocenters. The summed E-state index contributed by atoms with van der Waals surface area (Å²) in [4.78, 5) is 43.8. The summed E-state index contributed by atoms with van der Waals surface area (Å²) in [5.41, 5.74) is 2.21. The molecule has 0 radical (unpaired) electrons. The molecular formula is C28H22ClF2N5O3. The van der Waals surface area contributed by atoms with E-state index in [1.165, 1.54) is 30.8 Å². The number of aliphatic hydroxyl groups excluding tert-OH is 1. The molecule has 198 valence electrons. The van der Waals surface area contributed by atoms with E-state index in [4.69, 9.17) is 11.6 Å². The van der Waals surface area contributed by atoms with E-state index < -0.39 is 30.0 Å². The van der Waals surface area contributed by atoms with Crippen molar-refractivity contribution < 1.29 is 23.5 Å². The Morgan fingerprint density at radius 1 is 1.21 bits per heavy atom. The van der Waals surface area contributed by atoms with Gasteiger partial charge < -0.3 is 15.0 Å². The fourth-order valence-electron chi connectivity index (χ4n) is 6.55. The summed E-state index contributed by atoms with van der Waals surface area (Å²) in [6.45, 7) is -0.0740. The van der Waals surface area contributed by atoms with Crippen LogP contribution in [0.4, 0.5) is 8.78 Å². The zero-order chi connectivity index (χ0) is 27.1. The third kappa shape index (κ3) is 3.61. The van der Waals surface area contributed by atoms with Crippen LogP contribution in [0.3, 0.4) is 0 Å². The number of aliphatic hydroxyl groups is 1. The minimum Gasteiger partial charge on any atom is -0.390 e. The molecule has 2 aromatic rings. The van der Waals surface area contributed by atoms with Gasteiger partial charge in [0, 0.05) is 48.0 Å². The van der Waals surface area contributed by atoms with Crippen molar-refractivity contribution in [1.82, 2.24) is 19.9 Å². The van der Waals surface area contributed by atoms with Crippen molar-refractivity contribution in [2.24, 2.45) is 10.4 Å². The van der Waals surface area contributed by atoms with E-state index in [2.05, 4.69) is 19.9 Å². The molecule has 1 saturated carbocycles. The van der Waals surface area contributed by atoms with Crippen LogP contribution < -0.4 is 0 Å². The van der Waals surface area contributed by atoms with Crippen LogP contribution in [0.1, 0.15) is 36.7 Å². The van der Waals surface area contributed by atoms with Crippen molar-refractivity contribution in [1.29, 1.82) is 0 Å². The molecule has 8 nitrogen and oxygen atoms in total. The molecule has 1 saturated heterocycles. The van der Waals surface area contributed by atoms with Gasteiger partial charge in [-0.05, 0) is 41.7 Å². The van der Waals surface area contributed by atoms with E-state index in [0.29, 0.717) is 29.1 Å². The quantitative estimate of drug-likeness (QED) is 0.605. The van der Waals surface area contributed by atoms with Crippen LogP contribution in [0.5, 0.6) is 0 Å². The maximum atomic E-state index is 15.3. The summed E-state index contributed by atoms with van der Waals surface area (Å²) in [6, 6.07) is 1.26. The van der Waals surface area contributed by atoms with E-state index in [9.17, 15) is 19.1 Å². The van der Waals surface area contributed by atoms with Crippen LogP contribution in [0.15, 0.2) is 68.8 Å². The SMILES string of the molecule is O=C1C=C(F)/C2=C(\Cl)C=NCC3=C(C2=C1)C(c1ncc(-c2ccnc(CO)c2F)[nH]1)CN1C(=O)CC2(CC2)C31. The number of aromatic amines is 1. The van der Waals surface area contributed by atoms with E-state index >= 15 is 4.39 Å². The lowest BCUT2D eigenvalue weighted by Crippen LogP contribution is -2.46. The standard InChI is InChI=1S/C28H22ClF2N5O3/c29-18-9-32-8-16-23(15-5-13(38)6-19(30)24(15)18)17(11-36-22(39)7-28(2-3-28)26(16)36)27-34-10-20(35-27)14-1-4-33-21(12-37)25(14)31/h1,4-6,9-10,17,26,37H,2-3,7-8,11-12H2,(H,34,35)/b24-18-,32-9?. The zero-order valence-corrected chi connectivity index (χ0v) is 21.3. The number of nitrogens with zero attached hydrogens (tertiary/aromatic N) is 4. The fourth-order valence-corrected chi connectivity index (χ4v) is 6.81. The predicted octanol–water partition coefficient (Wildman–Crippen LogP) is 3.82. The van der Waals surface area contributed by atoms with Crippen molar-refractivity contribution in [3.8, 4) is 11.3 Å². The molecule has 2 unspecified atom stereocenters. The number of hydrogen-bond donors (Lipinski definition) is 2. The molecule has 39 heavy (non-hydrogen) atoms. The van der Waals surface area contributed by atoms with Crippen LogP contribution >= 0.6 is 11.6 Å². The van der Waals surface area contributed by atoms with Gasteiger partial charge in [-0.3, -0.25) is 19.6 Å². The first-order valence-corrected chi connectivity index (χ1v) is 13.0. The van der Waals surface area contributed by atoms with Gasteiger partial charge in [-0.2, -0.15) is 0 Å². The average molecular weight is 550 g/mol. The summed E-state index contributed by atoms with van der Waals surface area (Å²) >= 11 is 6.49. The Hall–Kier alpha value is -3.76. The highest BCUT2D eigenvalue weighted by molar-refractivity contribution is 6.40. The predicted molar refractivity (Wildman–Crippen MR) is 138 cm³/mol. The van der Waals surface area contributed by atoms with Gasteiger partial charge in [0.25, 0.3) is 0 Å². The number of carbonyl (C=O) groups excluding carboxylic acids is 2. The highest BCUT2D eigenvalue weighted by Gasteiger charge is 2.62. The zero-order valence-electron chi connectivity index (χ0n) is 20.5. The van der Waals surface area contributed by atoms with Crippen molar-refractivity contribution in [2.45, 2.75) is 37.8 Å². The molecule has 1 amide bonds. The second-order valence-electron chi connectivity index (χ2n) is 10.6. The first-order chi connectivity index (χ1) is 18.8. The van der Waals surface area contributed by atoms with E-state index in [1.807, 2.05) is 4.90 Å². The molecule has 0 bridgehead atoms. The van der Waals surface area contributed by atoms with Gasteiger partial charge in [-0.1, -0.05) is 11.6 Å². The fraction of sp³-hybridized carbons (Fsp3) is 0.321.